The van der Waals surface area contributed by atoms with Crippen molar-refractivity contribution in [2.45, 2.75) is 6.92 Å². The minimum Gasteiger partial charge on any atom is -0.460 e. The molecule has 0 amide bonds. The number of nitrogens with zero attached hydrogens (tertiary/aromatic N) is 4. The Labute approximate surface area is 127 Å². The van der Waals surface area contributed by atoms with Crippen LogP contribution in [0.25, 0.3) is 16.7 Å². The van der Waals surface area contributed by atoms with Gasteiger partial charge < -0.3 is 9.30 Å². The summed E-state index contributed by atoms with van der Waals surface area (Å²) in [6.07, 6.45) is 3.37. The zero-order valence-electron chi connectivity index (χ0n) is 12.3. The number of aliphatic imine (C=N–C) groups is 1. The molecule has 0 saturated heterocycles. The zero-order chi connectivity index (χ0) is 15.1. The monoisotopic (exact) mass is 290 g/mol. The third-order valence-electron chi connectivity index (χ3n) is 3.72. The molecule has 1 aromatic carbocycles. The van der Waals surface area contributed by atoms with Gasteiger partial charge in [-0.15, -0.1) is 0 Å². The summed E-state index contributed by atoms with van der Waals surface area (Å²) in [5.41, 5.74) is 4.26. The predicted octanol–water partition coefficient (Wildman–Crippen LogP) is 3.17. The molecule has 0 saturated carbocycles. The smallest absolute Gasteiger partial charge is 0.162 e. The lowest BCUT2D eigenvalue weighted by Crippen LogP contribution is -2.00. The molecule has 0 N–H and O–H groups in total. The molecular weight excluding hydrogens is 276 g/mol. The predicted molar refractivity (Wildman–Crippen MR) is 85.8 cm³/mol. The van der Waals surface area contributed by atoms with Crippen LogP contribution in [0, 0.1) is 0 Å². The molecule has 108 valence electrons. The summed E-state index contributed by atoms with van der Waals surface area (Å²) < 4.78 is 7.76. The Balaban J connectivity index is 1.88. The molecule has 1 aliphatic rings. The molecule has 2 aromatic heterocycles. The SMILES string of the molecule is CC1=NC(c2nc3ccccc3n2C)=COc2cccnc21. The van der Waals surface area contributed by atoms with Gasteiger partial charge in [0.1, 0.15) is 17.7 Å². The van der Waals surface area contributed by atoms with Crippen LogP contribution in [0.2, 0.25) is 0 Å². The second kappa shape index (κ2) is 4.80. The number of fused-ring (bicyclic) bond motifs is 2. The van der Waals surface area contributed by atoms with Crippen molar-refractivity contribution in [1.82, 2.24) is 14.5 Å². The summed E-state index contributed by atoms with van der Waals surface area (Å²) in [6, 6.07) is 11.7. The molecule has 0 unspecified atom stereocenters. The van der Waals surface area contributed by atoms with E-state index >= 15 is 0 Å². The highest BCUT2D eigenvalue weighted by molar-refractivity contribution is 6.02. The molecule has 22 heavy (non-hydrogen) atoms. The van der Waals surface area contributed by atoms with Crippen molar-refractivity contribution >= 4 is 22.4 Å². The van der Waals surface area contributed by atoms with Gasteiger partial charge >= 0.3 is 0 Å². The van der Waals surface area contributed by atoms with Gasteiger partial charge in [-0.3, -0.25) is 4.98 Å². The van der Waals surface area contributed by atoms with E-state index in [-0.39, 0.29) is 0 Å². The molecule has 3 aromatic rings. The van der Waals surface area contributed by atoms with Crippen LogP contribution in [-0.2, 0) is 7.05 Å². The average Bonchev–Trinajstić information content (AvgIpc) is 2.79. The maximum atomic E-state index is 5.74. The minimum absolute atomic E-state index is 0.689. The van der Waals surface area contributed by atoms with Crippen LogP contribution in [-0.4, -0.2) is 20.2 Å². The van der Waals surface area contributed by atoms with Crippen molar-refractivity contribution in [2.75, 3.05) is 0 Å². The summed E-state index contributed by atoms with van der Waals surface area (Å²) in [4.78, 5) is 13.6. The number of benzene rings is 1. The van der Waals surface area contributed by atoms with E-state index in [0.717, 1.165) is 28.3 Å². The minimum atomic E-state index is 0.689. The zero-order valence-corrected chi connectivity index (χ0v) is 12.3. The molecule has 0 radical (unpaired) electrons. The quantitative estimate of drug-likeness (QED) is 0.691. The number of ether oxygens (including phenoxy) is 1. The molecule has 3 heterocycles. The normalized spacial score (nSPS) is 13.9. The van der Waals surface area contributed by atoms with Crippen LogP contribution in [0.3, 0.4) is 0 Å². The maximum Gasteiger partial charge on any atom is 0.162 e. The highest BCUT2D eigenvalue weighted by Crippen LogP contribution is 2.27. The van der Waals surface area contributed by atoms with E-state index in [1.165, 1.54) is 0 Å². The first kappa shape index (κ1) is 12.8. The molecule has 5 nitrogen and oxygen atoms in total. The van der Waals surface area contributed by atoms with Crippen molar-refractivity contribution in [3.05, 3.63) is 60.4 Å². The number of hydrogen-bond acceptors (Lipinski definition) is 4. The summed E-state index contributed by atoms with van der Waals surface area (Å²) in [6.45, 7) is 1.93. The van der Waals surface area contributed by atoms with Gasteiger partial charge in [-0.1, -0.05) is 12.1 Å². The molecule has 4 rings (SSSR count). The summed E-state index contributed by atoms with van der Waals surface area (Å²) in [7, 11) is 1.98. The van der Waals surface area contributed by atoms with E-state index in [2.05, 4.69) is 15.0 Å². The lowest BCUT2D eigenvalue weighted by Gasteiger charge is -2.02. The molecule has 0 spiro atoms. The summed E-state index contributed by atoms with van der Waals surface area (Å²) >= 11 is 0. The first-order chi connectivity index (χ1) is 10.7. The van der Waals surface area contributed by atoms with Gasteiger partial charge in [-0.05, 0) is 31.2 Å². The van der Waals surface area contributed by atoms with E-state index in [9.17, 15) is 0 Å². The van der Waals surface area contributed by atoms with E-state index < -0.39 is 0 Å². The van der Waals surface area contributed by atoms with Crippen molar-refractivity contribution < 1.29 is 4.74 Å². The van der Waals surface area contributed by atoms with Gasteiger partial charge in [0.2, 0.25) is 0 Å². The van der Waals surface area contributed by atoms with E-state index in [0.29, 0.717) is 11.4 Å². The Morgan fingerprint density at radius 3 is 2.82 bits per heavy atom. The van der Waals surface area contributed by atoms with Gasteiger partial charge in [0, 0.05) is 13.2 Å². The largest absolute Gasteiger partial charge is 0.460 e. The second-order valence-corrected chi connectivity index (χ2v) is 5.15. The van der Waals surface area contributed by atoms with E-state index in [4.69, 9.17) is 4.74 Å². The molecule has 5 heteroatoms. The average molecular weight is 290 g/mol. The highest BCUT2D eigenvalue weighted by atomic mass is 16.5. The molecule has 1 aliphatic heterocycles. The number of pyridine rings is 1. The molecule has 0 aliphatic carbocycles. The fraction of sp³-hybridized carbons (Fsp3) is 0.118. The molecule has 0 fully saturated rings. The molecular formula is C17H14N4O. The second-order valence-electron chi connectivity index (χ2n) is 5.15. The Kier molecular flexibility index (Phi) is 2.79. The van der Waals surface area contributed by atoms with Gasteiger partial charge in [0.05, 0.1) is 16.7 Å². The number of imidazole rings is 1. The number of aromatic nitrogens is 3. The molecule has 0 atom stereocenters. The highest BCUT2D eigenvalue weighted by Gasteiger charge is 2.17. The van der Waals surface area contributed by atoms with E-state index in [1.54, 1.807) is 12.5 Å². The topological polar surface area (TPSA) is 52.3 Å². The Hall–Kier alpha value is -2.95. The number of rotatable bonds is 1. The third kappa shape index (κ3) is 1.90. The van der Waals surface area contributed by atoms with Crippen LogP contribution < -0.4 is 4.74 Å². The lowest BCUT2D eigenvalue weighted by atomic mass is 10.2. The van der Waals surface area contributed by atoms with Crippen LogP contribution in [0.15, 0.2) is 53.8 Å². The van der Waals surface area contributed by atoms with Crippen molar-refractivity contribution in [1.29, 1.82) is 0 Å². The summed E-state index contributed by atoms with van der Waals surface area (Å²) in [5, 5.41) is 0. The number of para-hydroxylation sites is 2. The van der Waals surface area contributed by atoms with Crippen LogP contribution >= 0.6 is 0 Å². The van der Waals surface area contributed by atoms with Gasteiger partial charge in [0.25, 0.3) is 0 Å². The van der Waals surface area contributed by atoms with Crippen molar-refractivity contribution in [3.63, 3.8) is 0 Å². The fourth-order valence-electron chi connectivity index (χ4n) is 2.61. The first-order valence-corrected chi connectivity index (χ1v) is 7.03. The number of aryl methyl sites for hydroxylation is 1. The summed E-state index contributed by atoms with van der Waals surface area (Å²) in [5.74, 6) is 1.48. The van der Waals surface area contributed by atoms with Crippen molar-refractivity contribution in [3.8, 4) is 5.75 Å². The van der Waals surface area contributed by atoms with Crippen LogP contribution in [0.1, 0.15) is 18.4 Å². The van der Waals surface area contributed by atoms with Crippen LogP contribution in [0.4, 0.5) is 0 Å². The van der Waals surface area contributed by atoms with E-state index in [1.807, 2.05) is 54.9 Å². The fourth-order valence-corrected chi connectivity index (χ4v) is 2.61. The van der Waals surface area contributed by atoms with Crippen molar-refractivity contribution in [2.24, 2.45) is 12.0 Å². The first-order valence-electron chi connectivity index (χ1n) is 7.03. The number of hydrogen-bond donors (Lipinski definition) is 0. The Morgan fingerprint density at radius 1 is 1.09 bits per heavy atom. The maximum absolute atomic E-state index is 5.74. The van der Waals surface area contributed by atoms with Gasteiger partial charge in [0.15, 0.2) is 11.6 Å². The Bertz CT molecular complexity index is 937. The lowest BCUT2D eigenvalue weighted by molar-refractivity contribution is 0.480. The van der Waals surface area contributed by atoms with Gasteiger partial charge in [-0.2, -0.15) is 0 Å². The molecule has 0 bridgehead atoms. The Morgan fingerprint density at radius 2 is 1.95 bits per heavy atom. The third-order valence-corrected chi connectivity index (χ3v) is 3.72. The van der Waals surface area contributed by atoms with Crippen LogP contribution in [0.5, 0.6) is 5.75 Å². The standard InChI is InChI=1S/C17H14N4O/c1-11-16-15(8-5-9-18-16)22-10-13(19-11)17-20-12-6-3-4-7-14(12)21(17)2/h3-10H,1-2H3. The van der Waals surface area contributed by atoms with Gasteiger partial charge in [-0.25, -0.2) is 9.98 Å².